The summed E-state index contributed by atoms with van der Waals surface area (Å²) >= 11 is 5.91. The van der Waals surface area contributed by atoms with E-state index in [2.05, 4.69) is 0 Å². The number of Topliss-reactive ketones (excluding diaryl/α,β-unsaturated/α-hetero) is 1. The van der Waals surface area contributed by atoms with Gasteiger partial charge in [-0.15, -0.1) is 0 Å². The molecule has 2 heterocycles. The van der Waals surface area contributed by atoms with E-state index in [9.17, 15) is 9.59 Å². The van der Waals surface area contributed by atoms with Crippen molar-refractivity contribution >= 4 is 23.3 Å². The van der Waals surface area contributed by atoms with Crippen LogP contribution in [0.5, 0.6) is 17.2 Å². The Hall–Kier alpha value is -2.73. The Morgan fingerprint density at radius 3 is 2.32 bits per heavy atom. The summed E-state index contributed by atoms with van der Waals surface area (Å²) in [5, 5.41) is 0.612. The Labute approximate surface area is 187 Å². The summed E-state index contributed by atoms with van der Waals surface area (Å²) in [6.45, 7) is 5.57. The Morgan fingerprint density at radius 2 is 1.65 bits per heavy atom. The van der Waals surface area contributed by atoms with Crippen molar-refractivity contribution in [2.45, 2.75) is 32.3 Å². The quantitative estimate of drug-likeness (QED) is 0.641. The Morgan fingerprint density at radius 1 is 1.00 bits per heavy atom. The first-order chi connectivity index (χ1) is 14.8. The predicted molar refractivity (Wildman–Crippen MR) is 117 cm³/mol. The summed E-state index contributed by atoms with van der Waals surface area (Å²) in [7, 11) is 0. The number of rotatable bonds is 5. The molecule has 2 aliphatic heterocycles. The van der Waals surface area contributed by atoms with Crippen molar-refractivity contribution in [2.24, 2.45) is 5.92 Å². The Balaban J connectivity index is 1.35. The van der Waals surface area contributed by atoms with Crippen LogP contribution >= 0.6 is 11.6 Å². The van der Waals surface area contributed by atoms with Crippen molar-refractivity contribution in [1.82, 2.24) is 4.90 Å². The number of piperidine rings is 1. The molecule has 0 aromatic heterocycles. The highest BCUT2D eigenvalue weighted by Crippen LogP contribution is 2.33. The lowest BCUT2D eigenvalue weighted by atomic mass is 9.88. The van der Waals surface area contributed by atoms with Crippen LogP contribution in [0.3, 0.4) is 0 Å². The highest BCUT2D eigenvalue weighted by atomic mass is 35.5. The maximum Gasteiger partial charge on any atom is 0.266 e. The Kier molecular flexibility index (Phi) is 6.10. The van der Waals surface area contributed by atoms with Crippen LogP contribution in [0, 0.1) is 5.92 Å². The van der Waals surface area contributed by atoms with Crippen LogP contribution < -0.4 is 14.2 Å². The summed E-state index contributed by atoms with van der Waals surface area (Å²) in [4.78, 5) is 27.8. The fourth-order valence-electron chi connectivity index (χ4n) is 4.00. The first-order valence-electron chi connectivity index (χ1n) is 10.5. The minimum Gasteiger partial charge on any atom is -0.486 e. The molecule has 6 nitrogen and oxygen atoms in total. The summed E-state index contributed by atoms with van der Waals surface area (Å²) in [5.41, 5.74) is -0.388. The number of carbonyl (C=O) groups is 2. The average molecular weight is 444 g/mol. The van der Waals surface area contributed by atoms with Gasteiger partial charge in [-0.1, -0.05) is 11.6 Å². The molecule has 1 amide bonds. The van der Waals surface area contributed by atoms with Crippen LogP contribution in [0.4, 0.5) is 0 Å². The topological polar surface area (TPSA) is 65.1 Å². The molecule has 0 bridgehead atoms. The van der Waals surface area contributed by atoms with Crippen LogP contribution in [0.15, 0.2) is 42.5 Å². The van der Waals surface area contributed by atoms with Gasteiger partial charge in [-0.05, 0) is 69.2 Å². The summed E-state index contributed by atoms with van der Waals surface area (Å²) < 4.78 is 17.0. The molecule has 2 aliphatic rings. The summed E-state index contributed by atoms with van der Waals surface area (Å²) in [6, 6.07) is 12.3. The predicted octanol–water partition coefficient (Wildman–Crippen LogP) is 4.39. The molecule has 0 atom stereocenters. The van der Waals surface area contributed by atoms with E-state index >= 15 is 0 Å². The molecule has 1 saturated heterocycles. The first kappa shape index (κ1) is 21.5. The van der Waals surface area contributed by atoms with Crippen molar-refractivity contribution < 1.29 is 23.8 Å². The van der Waals surface area contributed by atoms with Gasteiger partial charge in [-0.25, -0.2) is 0 Å². The van der Waals surface area contributed by atoms with Gasteiger partial charge in [0.25, 0.3) is 5.91 Å². The lowest BCUT2D eigenvalue weighted by molar-refractivity contribution is -0.146. The molecule has 4 rings (SSSR count). The molecule has 2 aromatic rings. The second-order valence-electron chi connectivity index (χ2n) is 8.36. The summed E-state index contributed by atoms with van der Waals surface area (Å²) in [6.07, 6.45) is 1.24. The van der Waals surface area contributed by atoms with Gasteiger partial charge in [0.05, 0.1) is 0 Å². The summed E-state index contributed by atoms with van der Waals surface area (Å²) in [5.74, 6) is 1.75. The monoisotopic (exact) mass is 443 g/mol. The number of hydrogen-bond donors (Lipinski definition) is 0. The highest BCUT2D eigenvalue weighted by molar-refractivity contribution is 6.30. The number of amides is 1. The number of benzene rings is 2. The molecule has 0 unspecified atom stereocenters. The number of nitrogens with zero attached hydrogens (tertiary/aromatic N) is 1. The molecule has 1 fully saturated rings. The normalized spacial score (nSPS) is 16.7. The van der Waals surface area contributed by atoms with Gasteiger partial charge >= 0.3 is 0 Å². The number of carbonyl (C=O) groups excluding carboxylic acids is 2. The van der Waals surface area contributed by atoms with E-state index in [0.29, 0.717) is 67.0 Å². The largest absolute Gasteiger partial charge is 0.486 e. The lowest BCUT2D eigenvalue weighted by Crippen LogP contribution is -2.51. The maximum atomic E-state index is 13.1. The zero-order valence-electron chi connectivity index (χ0n) is 17.7. The van der Waals surface area contributed by atoms with Gasteiger partial charge in [-0.2, -0.15) is 0 Å². The first-order valence-corrected chi connectivity index (χ1v) is 10.9. The van der Waals surface area contributed by atoms with E-state index in [4.69, 9.17) is 25.8 Å². The van der Waals surface area contributed by atoms with Gasteiger partial charge in [0.2, 0.25) is 0 Å². The molecule has 31 heavy (non-hydrogen) atoms. The number of halogens is 1. The van der Waals surface area contributed by atoms with Crippen molar-refractivity contribution in [2.75, 3.05) is 26.3 Å². The van der Waals surface area contributed by atoms with Crippen molar-refractivity contribution in [3.8, 4) is 17.2 Å². The van der Waals surface area contributed by atoms with Crippen LogP contribution in [0.2, 0.25) is 5.02 Å². The molecule has 0 N–H and O–H groups in total. The fraction of sp³-hybridized carbons (Fsp3) is 0.417. The van der Waals surface area contributed by atoms with Gasteiger partial charge in [0.15, 0.2) is 22.9 Å². The molecule has 0 spiro atoms. The number of fused-ring (bicyclic) bond motifs is 1. The zero-order valence-corrected chi connectivity index (χ0v) is 18.5. The van der Waals surface area contributed by atoms with Crippen LogP contribution in [0.25, 0.3) is 0 Å². The van der Waals surface area contributed by atoms with Gasteiger partial charge in [0.1, 0.15) is 19.0 Å². The van der Waals surface area contributed by atoms with Crippen molar-refractivity contribution in [1.29, 1.82) is 0 Å². The standard InChI is InChI=1S/C24H26ClNO5/c1-24(2,31-19-6-4-18(25)5-7-19)23(28)26-11-9-16(10-12-26)22(27)17-3-8-20-21(15-17)30-14-13-29-20/h3-8,15-16H,9-14H2,1-2H3. The Bertz CT molecular complexity index is 964. The third kappa shape index (κ3) is 4.79. The maximum absolute atomic E-state index is 13.1. The van der Waals surface area contributed by atoms with Crippen LogP contribution in [0.1, 0.15) is 37.0 Å². The molecule has 2 aromatic carbocycles. The zero-order chi connectivity index (χ0) is 22.0. The second kappa shape index (κ2) is 8.79. The number of ketones is 1. The van der Waals surface area contributed by atoms with E-state index in [0.717, 1.165) is 0 Å². The molecular weight excluding hydrogens is 418 g/mol. The smallest absolute Gasteiger partial charge is 0.266 e. The third-order valence-corrected chi connectivity index (χ3v) is 5.93. The molecular formula is C24H26ClNO5. The van der Waals surface area contributed by atoms with E-state index in [1.54, 1.807) is 61.2 Å². The molecule has 164 valence electrons. The molecule has 0 radical (unpaired) electrons. The third-order valence-electron chi connectivity index (χ3n) is 5.68. The van der Waals surface area contributed by atoms with E-state index in [-0.39, 0.29) is 17.6 Å². The van der Waals surface area contributed by atoms with Crippen LogP contribution in [-0.2, 0) is 4.79 Å². The van der Waals surface area contributed by atoms with Crippen LogP contribution in [-0.4, -0.2) is 48.5 Å². The molecule has 7 heteroatoms. The van der Waals surface area contributed by atoms with E-state index in [1.165, 1.54) is 0 Å². The lowest BCUT2D eigenvalue weighted by Gasteiger charge is -2.36. The van der Waals surface area contributed by atoms with E-state index in [1.807, 2.05) is 0 Å². The number of ether oxygens (including phenoxy) is 3. The average Bonchev–Trinajstić information content (AvgIpc) is 2.79. The fourth-order valence-corrected chi connectivity index (χ4v) is 4.12. The minimum absolute atomic E-state index is 0.0840. The molecule has 0 saturated carbocycles. The number of hydrogen-bond acceptors (Lipinski definition) is 5. The highest BCUT2D eigenvalue weighted by Gasteiger charge is 2.37. The molecule has 0 aliphatic carbocycles. The van der Waals surface area contributed by atoms with Crippen molar-refractivity contribution in [3.05, 3.63) is 53.1 Å². The van der Waals surface area contributed by atoms with Gasteiger partial charge < -0.3 is 19.1 Å². The number of likely N-dealkylation sites (tertiary alicyclic amines) is 1. The van der Waals surface area contributed by atoms with Gasteiger partial charge in [0, 0.05) is 29.6 Å². The second-order valence-corrected chi connectivity index (χ2v) is 8.79. The SMILES string of the molecule is CC(C)(Oc1ccc(Cl)cc1)C(=O)N1CCC(C(=O)c2ccc3c(c2)OCCO3)CC1. The van der Waals surface area contributed by atoms with E-state index < -0.39 is 5.60 Å². The minimum atomic E-state index is -1.01. The van der Waals surface area contributed by atoms with Gasteiger partial charge in [-0.3, -0.25) is 9.59 Å². The van der Waals surface area contributed by atoms with Crippen molar-refractivity contribution in [3.63, 3.8) is 0 Å².